The largest absolute Gasteiger partial charge is 0.407 e. The van der Waals surface area contributed by atoms with Gasteiger partial charge in [0.1, 0.15) is 12.2 Å². The molecule has 1 heterocycles. The second-order valence-corrected chi connectivity index (χ2v) is 19.5. The molecule has 6 heteroatoms. The van der Waals surface area contributed by atoms with Crippen molar-refractivity contribution in [3.8, 4) is 11.5 Å². The van der Waals surface area contributed by atoms with Crippen molar-refractivity contribution < 1.29 is 19.4 Å². The van der Waals surface area contributed by atoms with E-state index in [1.54, 1.807) is 0 Å². The van der Waals surface area contributed by atoms with Crippen molar-refractivity contribution in [1.82, 2.24) is 0 Å². The number of aliphatic hydroxyl groups excluding tert-OH is 1. The van der Waals surface area contributed by atoms with Gasteiger partial charge in [0.2, 0.25) is 8.07 Å². The molecule has 3 aromatic carbocycles. The summed E-state index contributed by atoms with van der Waals surface area (Å²) in [5.74, 6) is 3.30. The second kappa shape index (κ2) is 10.7. The highest BCUT2D eigenvalue weighted by atomic mass is 28.4. The summed E-state index contributed by atoms with van der Waals surface area (Å²) >= 11 is 0. The Labute approximate surface area is 223 Å². The first-order valence-corrected chi connectivity index (χ1v) is 17.8. The van der Waals surface area contributed by atoms with Gasteiger partial charge in [0.05, 0.1) is 13.2 Å². The van der Waals surface area contributed by atoms with Crippen LogP contribution < -0.4 is 15.6 Å². The zero-order valence-corrected chi connectivity index (χ0v) is 24.4. The third-order valence-corrected chi connectivity index (χ3v) is 16.5. The van der Waals surface area contributed by atoms with E-state index in [-0.39, 0.29) is 18.3 Å². The van der Waals surface area contributed by atoms with Crippen LogP contribution >= 0.6 is 0 Å². The lowest BCUT2D eigenvalue weighted by Gasteiger charge is -2.41. The van der Waals surface area contributed by atoms with Crippen LogP contribution in [0, 0.1) is 11.5 Å². The fourth-order valence-electron chi connectivity index (χ4n) is 4.65. The number of aliphatic hydroxyl groups is 2. The van der Waals surface area contributed by atoms with Gasteiger partial charge in [-0.05, 0) is 33.7 Å². The van der Waals surface area contributed by atoms with Gasteiger partial charge >= 0.3 is 0 Å². The highest BCUT2D eigenvalue weighted by Crippen LogP contribution is 2.40. The molecule has 0 bridgehead atoms. The van der Waals surface area contributed by atoms with Gasteiger partial charge < -0.3 is 19.4 Å². The molecule has 0 amide bonds. The van der Waals surface area contributed by atoms with Crippen molar-refractivity contribution >= 4 is 32.0 Å². The molecule has 2 N–H and O–H groups in total. The third-order valence-electron chi connectivity index (χ3n) is 7.91. The van der Waals surface area contributed by atoms with Crippen LogP contribution in [0.25, 0.3) is 0 Å². The molecule has 0 aromatic heterocycles. The second-order valence-electron chi connectivity index (χ2n) is 11.3. The Morgan fingerprint density at radius 3 is 1.68 bits per heavy atom. The molecule has 37 heavy (non-hydrogen) atoms. The van der Waals surface area contributed by atoms with Crippen LogP contribution in [-0.2, 0) is 9.16 Å². The fourth-order valence-corrected chi connectivity index (χ4v) is 9.86. The summed E-state index contributed by atoms with van der Waals surface area (Å²) in [6.45, 7) is 10.7. The molecule has 0 saturated carbocycles. The van der Waals surface area contributed by atoms with Crippen LogP contribution in [0.3, 0.4) is 0 Å². The van der Waals surface area contributed by atoms with Gasteiger partial charge in [0, 0.05) is 0 Å². The Hall–Kier alpha value is -2.51. The van der Waals surface area contributed by atoms with Gasteiger partial charge in [-0.25, -0.2) is 0 Å². The maximum Gasteiger partial charge on any atom is 0.229 e. The maximum absolute atomic E-state index is 12.1. The highest BCUT2D eigenvalue weighted by molar-refractivity contribution is 7.16. The maximum atomic E-state index is 12.1. The van der Waals surface area contributed by atoms with Gasteiger partial charge in [0.25, 0.3) is 0 Å². The third kappa shape index (κ3) is 5.26. The van der Waals surface area contributed by atoms with Crippen molar-refractivity contribution in [2.45, 2.75) is 56.7 Å². The molecule has 1 fully saturated rings. The molecule has 0 aliphatic carbocycles. The van der Waals surface area contributed by atoms with Gasteiger partial charge in [-0.2, -0.15) is 0 Å². The van der Waals surface area contributed by atoms with Crippen molar-refractivity contribution in [2.24, 2.45) is 0 Å². The SMILES string of the molecule is CC(C)(C)[Si](C)(C)O[C@H]1CO[C@H](CO)[C@]1(O)C#C[Si](c1ccccc1)(c1ccccc1)c1ccccc1. The average Bonchev–Trinajstić information content (AvgIpc) is 3.20. The molecule has 0 radical (unpaired) electrons. The zero-order chi connectivity index (χ0) is 26.7. The monoisotopic (exact) mass is 530 g/mol. The number of rotatable bonds is 6. The lowest BCUT2D eigenvalue weighted by molar-refractivity contribution is -0.0488. The fraction of sp³-hybridized carbons (Fsp3) is 0.355. The molecule has 3 atom stereocenters. The summed E-state index contributed by atoms with van der Waals surface area (Å²) in [5, 5.41) is 25.6. The van der Waals surface area contributed by atoms with E-state index in [0.29, 0.717) is 0 Å². The minimum atomic E-state index is -2.91. The number of benzene rings is 3. The molecule has 0 unspecified atom stereocenters. The number of hydrogen-bond donors (Lipinski definition) is 2. The van der Waals surface area contributed by atoms with Crippen molar-refractivity contribution in [3.05, 3.63) is 91.0 Å². The summed E-state index contributed by atoms with van der Waals surface area (Å²) in [6, 6.07) is 31.0. The van der Waals surface area contributed by atoms with Gasteiger partial charge in [-0.15, -0.1) is 5.54 Å². The van der Waals surface area contributed by atoms with E-state index in [4.69, 9.17) is 9.16 Å². The highest BCUT2D eigenvalue weighted by Gasteiger charge is 2.54. The summed E-state index contributed by atoms with van der Waals surface area (Å²) in [4.78, 5) is 0. The Bertz CT molecular complexity index is 1130. The van der Waals surface area contributed by atoms with Crippen LogP contribution in [0.15, 0.2) is 91.0 Å². The predicted octanol–water partition coefficient (Wildman–Crippen LogP) is 3.21. The molecule has 1 aliphatic rings. The van der Waals surface area contributed by atoms with Crippen LogP contribution in [0.1, 0.15) is 20.8 Å². The summed E-state index contributed by atoms with van der Waals surface area (Å²) in [7, 11) is -5.15. The molecule has 4 rings (SSSR count). The van der Waals surface area contributed by atoms with Crippen molar-refractivity contribution in [1.29, 1.82) is 0 Å². The van der Waals surface area contributed by atoms with E-state index >= 15 is 0 Å². The van der Waals surface area contributed by atoms with Crippen molar-refractivity contribution in [2.75, 3.05) is 13.2 Å². The molecule has 194 valence electrons. The Kier molecular flexibility index (Phi) is 7.96. The quantitative estimate of drug-likeness (QED) is 0.292. The van der Waals surface area contributed by atoms with E-state index in [9.17, 15) is 10.2 Å². The molecule has 3 aromatic rings. The molecule has 1 aliphatic heterocycles. The van der Waals surface area contributed by atoms with Crippen LogP contribution in [0.5, 0.6) is 0 Å². The molecular formula is C31H38O4Si2. The van der Waals surface area contributed by atoms with Crippen LogP contribution in [0.4, 0.5) is 0 Å². The van der Waals surface area contributed by atoms with Crippen LogP contribution in [-0.4, -0.2) is 57.6 Å². The van der Waals surface area contributed by atoms with E-state index < -0.39 is 34.2 Å². The normalized spacial score (nSPS) is 22.4. The standard InChI is InChI=1S/C31H38O4Si2/c1-30(2,3)36(4,5)35-29-24-34-28(23-32)31(29,33)21-22-37(25-15-9-6-10-16-25,26-17-11-7-12-18-26)27-19-13-8-14-20-27/h6-20,28-29,32-33H,23-24H2,1-5H3/t28-,29+,31-/m1/s1. The smallest absolute Gasteiger partial charge is 0.229 e. The van der Waals surface area contributed by atoms with Crippen LogP contribution in [0.2, 0.25) is 18.1 Å². The lowest BCUT2D eigenvalue weighted by atomic mass is 9.95. The first-order valence-electron chi connectivity index (χ1n) is 12.9. The number of hydrogen-bond acceptors (Lipinski definition) is 4. The number of ether oxygens (including phenoxy) is 1. The molecule has 0 spiro atoms. The average molecular weight is 531 g/mol. The lowest BCUT2D eigenvalue weighted by Crippen LogP contribution is -2.67. The first-order chi connectivity index (χ1) is 17.5. The zero-order valence-electron chi connectivity index (χ0n) is 22.4. The van der Waals surface area contributed by atoms with E-state index in [0.717, 1.165) is 15.6 Å². The summed E-state index contributed by atoms with van der Waals surface area (Å²) in [6.07, 6.45) is -1.49. The Morgan fingerprint density at radius 2 is 1.30 bits per heavy atom. The minimum Gasteiger partial charge on any atom is -0.407 e. The molecular weight excluding hydrogens is 493 g/mol. The van der Waals surface area contributed by atoms with Gasteiger partial charge in [-0.1, -0.05) is 118 Å². The van der Waals surface area contributed by atoms with E-state index in [2.05, 4.69) is 81.7 Å². The molecule has 4 nitrogen and oxygen atoms in total. The minimum absolute atomic E-state index is 0.0464. The molecule has 1 saturated heterocycles. The van der Waals surface area contributed by atoms with E-state index in [1.807, 2.05) is 54.6 Å². The Morgan fingerprint density at radius 1 is 0.865 bits per heavy atom. The first kappa shape index (κ1) is 27.5. The topological polar surface area (TPSA) is 58.9 Å². The Balaban J connectivity index is 1.93. The van der Waals surface area contributed by atoms with Crippen molar-refractivity contribution in [3.63, 3.8) is 0 Å². The van der Waals surface area contributed by atoms with E-state index in [1.165, 1.54) is 0 Å². The van der Waals surface area contributed by atoms with Gasteiger partial charge in [0.15, 0.2) is 13.9 Å². The summed E-state index contributed by atoms with van der Waals surface area (Å²) < 4.78 is 12.5. The van der Waals surface area contributed by atoms with Gasteiger partial charge in [-0.3, -0.25) is 0 Å². The predicted molar refractivity (Wildman–Crippen MR) is 156 cm³/mol. The summed E-state index contributed by atoms with van der Waals surface area (Å²) in [5.41, 5.74) is 2.03.